The fraction of sp³-hybridized carbons (Fsp3) is 1.00. The second kappa shape index (κ2) is 9.61. The maximum absolute atomic E-state index is 4.00. The van der Waals surface area contributed by atoms with Crippen LogP contribution in [0.1, 0.15) is 19.8 Å². The topological polar surface area (TPSA) is 0 Å². The van der Waals surface area contributed by atoms with Gasteiger partial charge in [-0.25, -0.2) is 0 Å². The van der Waals surface area contributed by atoms with E-state index in [4.69, 9.17) is 0 Å². The van der Waals surface area contributed by atoms with Crippen molar-refractivity contribution in [3.63, 3.8) is 0 Å². The Balaban J connectivity index is 0. The van der Waals surface area contributed by atoms with Gasteiger partial charge in [0.2, 0.25) is 0 Å². The molecular weight excluding hydrogens is 103 g/mol. The Morgan fingerprint density at radius 1 is 1.50 bits per heavy atom. The monoisotopic (exact) mass is 114 g/mol. The maximum atomic E-state index is 4.00. The van der Waals surface area contributed by atoms with Gasteiger partial charge in [0, 0.05) is 0 Å². The van der Waals surface area contributed by atoms with Crippen LogP contribution in [-0.2, 0) is 0 Å². The van der Waals surface area contributed by atoms with E-state index in [-0.39, 0.29) is 29.6 Å². The molecule has 0 amide bonds. The quantitative estimate of drug-likeness (QED) is 0.403. The molecule has 0 N–H and O–H groups in total. The van der Waals surface area contributed by atoms with Crippen molar-refractivity contribution in [2.75, 3.05) is 5.75 Å². The first-order chi connectivity index (χ1) is 2.41. The molecule has 6 heavy (non-hydrogen) atoms. The molecule has 0 saturated heterocycles. The number of hydrogen-bond acceptors (Lipinski definition) is 1. The first kappa shape index (κ1) is 10.4. The van der Waals surface area contributed by atoms with Gasteiger partial charge in [0.15, 0.2) is 0 Å². The minimum absolute atomic E-state index is 0. The molecule has 0 unspecified atom stereocenters. The number of unbranched alkanes of at least 4 members (excludes halogenated alkanes) is 1. The Hall–Kier alpha value is 1.35. The van der Waals surface area contributed by atoms with Gasteiger partial charge in [0.25, 0.3) is 0 Å². The molecule has 2 heteroatoms. The predicted molar refractivity (Wildman–Crippen MR) is 35.9 cm³/mol. The second-order valence-corrected chi connectivity index (χ2v) is 1.52. The van der Waals surface area contributed by atoms with Crippen LogP contribution in [0.25, 0.3) is 0 Å². The molecule has 0 fully saturated rings. The second-order valence-electron chi connectivity index (χ2n) is 1.08. The van der Waals surface area contributed by atoms with E-state index in [1.54, 1.807) is 0 Å². The van der Waals surface area contributed by atoms with Crippen LogP contribution < -0.4 is 0 Å². The third-order valence-corrected chi connectivity index (χ3v) is 0.828. The Morgan fingerprint density at radius 2 is 2.00 bits per heavy atom. The Bertz CT molecular complexity index is 15.0. The van der Waals surface area contributed by atoms with Gasteiger partial charge >= 0.3 is 29.6 Å². The summed E-state index contributed by atoms with van der Waals surface area (Å²) in [7, 11) is 0. The summed E-state index contributed by atoms with van der Waals surface area (Å²) < 4.78 is 0. The fourth-order valence-corrected chi connectivity index (χ4v) is 0.474. The van der Waals surface area contributed by atoms with Crippen molar-refractivity contribution in [2.45, 2.75) is 19.8 Å². The van der Waals surface area contributed by atoms with Gasteiger partial charge in [-0.1, -0.05) is 13.3 Å². The van der Waals surface area contributed by atoms with E-state index in [2.05, 4.69) is 19.6 Å². The molecule has 0 atom stereocenters. The molecule has 0 heterocycles. The zero-order valence-corrected chi connectivity index (χ0v) is 4.46. The average molecular weight is 114 g/mol. The molecule has 0 bridgehead atoms. The third kappa shape index (κ3) is 9.02. The number of rotatable bonds is 2. The van der Waals surface area contributed by atoms with E-state index in [9.17, 15) is 0 Å². The summed E-state index contributed by atoms with van der Waals surface area (Å²) in [4.78, 5) is 0. The van der Waals surface area contributed by atoms with Gasteiger partial charge in [-0.3, -0.25) is 0 Å². The predicted octanol–water partition coefficient (Wildman–Crippen LogP) is 1.07. The third-order valence-electron chi connectivity index (χ3n) is 0.512. The summed E-state index contributed by atoms with van der Waals surface area (Å²) in [6.07, 6.45) is 2.52. The van der Waals surface area contributed by atoms with Crippen LogP contribution in [0.4, 0.5) is 0 Å². The summed E-state index contributed by atoms with van der Waals surface area (Å²) in [6.45, 7) is 2.16. The van der Waals surface area contributed by atoms with Crippen molar-refractivity contribution in [3.8, 4) is 0 Å². The summed E-state index contributed by atoms with van der Waals surface area (Å²) in [5, 5.41) is 0. The summed E-state index contributed by atoms with van der Waals surface area (Å²) >= 11 is 4.00. The standard InChI is InChI=1S/C4H10S.Na.H/c1-2-3-4-5;;/h5H,2-4H2,1H3;;. The van der Waals surface area contributed by atoms with Crippen molar-refractivity contribution in [2.24, 2.45) is 0 Å². The van der Waals surface area contributed by atoms with Gasteiger partial charge in [0.05, 0.1) is 0 Å². The van der Waals surface area contributed by atoms with Crippen LogP contribution in [0.2, 0.25) is 0 Å². The van der Waals surface area contributed by atoms with Crippen LogP contribution in [-0.4, -0.2) is 35.3 Å². The van der Waals surface area contributed by atoms with Gasteiger partial charge in [0.1, 0.15) is 0 Å². The van der Waals surface area contributed by atoms with Crippen LogP contribution >= 0.6 is 12.6 Å². The first-order valence-electron chi connectivity index (χ1n) is 2.02. The molecule has 0 aromatic heterocycles. The van der Waals surface area contributed by atoms with Crippen molar-refractivity contribution < 1.29 is 0 Å². The van der Waals surface area contributed by atoms with Crippen molar-refractivity contribution >= 4 is 42.2 Å². The van der Waals surface area contributed by atoms with Crippen LogP contribution in [0, 0.1) is 0 Å². The molecule has 34 valence electrons. The molecule has 0 radical (unpaired) electrons. The number of thiol groups is 1. The van der Waals surface area contributed by atoms with E-state index in [0.717, 1.165) is 5.75 Å². The van der Waals surface area contributed by atoms with Crippen LogP contribution in [0.3, 0.4) is 0 Å². The average Bonchev–Trinajstić information content (AvgIpc) is 1.41. The normalized spacial score (nSPS) is 7.00. The Kier molecular flexibility index (Phi) is 16.6. The SMILES string of the molecule is CCCCS.[NaH]. The van der Waals surface area contributed by atoms with Gasteiger partial charge < -0.3 is 0 Å². The van der Waals surface area contributed by atoms with Crippen LogP contribution in [0.5, 0.6) is 0 Å². The van der Waals surface area contributed by atoms with E-state index in [1.807, 2.05) is 0 Å². The van der Waals surface area contributed by atoms with Crippen molar-refractivity contribution in [3.05, 3.63) is 0 Å². The molecule has 0 spiro atoms. The van der Waals surface area contributed by atoms with E-state index in [0.29, 0.717) is 0 Å². The van der Waals surface area contributed by atoms with Gasteiger partial charge in [-0.05, 0) is 12.2 Å². The minimum atomic E-state index is 0. The number of hydrogen-bond donors (Lipinski definition) is 1. The van der Waals surface area contributed by atoms with Crippen molar-refractivity contribution in [1.82, 2.24) is 0 Å². The molecule has 0 aliphatic carbocycles. The van der Waals surface area contributed by atoms with E-state index in [1.165, 1.54) is 12.8 Å². The first-order valence-corrected chi connectivity index (χ1v) is 2.66. The molecule has 0 aliphatic rings. The van der Waals surface area contributed by atoms with Crippen LogP contribution in [0.15, 0.2) is 0 Å². The Labute approximate surface area is 67.4 Å². The van der Waals surface area contributed by atoms with E-state index < -0.39 is 0 Å². The zero-order chi connectivity index (χ0) is 4.12. The van der Waals surface area contributed by atoms with E-state index >= 15 is 0 Å². The molecule has 0 aliphatic heterocycles. The molecule has 0 saturated carbocycles. The Morgan fingerprint density at radius 3 is 2.00 bits per heavy atom. The zero-order valence-electron chi connectivity index (χ0n) is 3.57. The molecule has 0 aromatic rings. The van der Waals surface area contributed by atoms with Gasteiger partial charge in [-0.15, -0.1) is 0 Å². The molecule has 0 nitrogen and oxygen atoms in total. The summed E-state index contributed by atoms with van der Waals surface area (Å²) in [5.41, 5.74) is 0. The van der Waals surface area contributed by atoms with Gasteiger partial charge in [-0.2, -0.15) is 12.6 Å². The molecule has 0 rings (SSSR count). The fourth-order valence-electron chi connectivity index (χ4n) is 0.158. The summed E-state index contributed by atoms with van der Waals surface area (Å²) in [5.74, 6) is 1.04. The molecular formula is C4H11NaS. The molecule has 0 aromatic carbocycles. The van der Waals surface area contributed by atoms with Crippen molar-refractivity contribution in [1.29, 1.82) is 0 Å². The summed E-state index contributed by atoms with van der Waals surface area (Å²) in [6, 6.07) is 0.